The normalized spacial score (nSPS) is 14.2. The molecule has 0 heterocycles. The SMILES string of the molecule is C[Si](C)(C)O[C@H](CCCSc1ccccc1)C[C@H](CCCSc1ccccc1)O[Si](C)(C)C. The van der Waals surface area contributed by atoms with E-state index in [1.165, 1.54) is 22.6 Å². The molecule has 0 spiro atoms. The van der Waals surface area contributed by atoms with Crippen molar-refractivity contribution in [3.8, 4) is 0 Å². The lowest BCUT2D eigenvalue weighted by Crippen LogP contribution is -2.38. The van der Waals surface area contributed by atoms with Crippen molar-refractivity contribution in [1.29, 1.82) is 0 Å². The van der Waals surface area contributed by atoms with Gasteiger partial charge in [-0.25, -0.2) is 0 Å². The Morgan fingerprint density at radius 1 is 0.606 bits per heavy atom. The molecule has 2 aromatic rings. The molecule has 0 aromatic heterocycles. The van der Waals surface area contributed by atoms with Gasteiger partial charge in [-0.2, -0.15) is 0 Å². The van der Waals surface area contributed by atoms with Gasteiger partial charge in [0.1, 0.15) is 0 Å². The summed E-state index contributed by atoms with van der Waals surface area (Å²) in [5, 5.41) is 0. The van der Waals surface area contributed by atoms with Gasteiger partial charge in [-0.05, 0) is 107 Å². The molecule has 2 aromatic carbocycles. The lowest BCUT2D eigenvalue weighted by Gasteiger charge is -2.33. The highest BCUT2D eigenvalue weighted by Crippen LogP contribution is 2.26. The zero-order valence-electron chi connectivity index (χ0n) is 21.5. The third-order valence-corrected chi connectivity index (χ3v) is 9.21. The van der Waals surface area contributed by atoms with Gasteiger partial charge in [0.15, 0.2) is 16.6 Å². The van der Waals surface area contributed by atoms with Gasteiger partial charge < -0.3 is 8.85 Å². The van der Waals surface area contributed by atoms with E-state index in [0.29, 0.717) is 12.2 Å². The van der Waals surface area contributed by atoms with Gasteiger partial charge >= 0.3 is 0 Å². The molecule has 0 aliphatic carbocycles. The van der Waals surface area contributed by atoms with Crippen LogP contribution in [0.4, 0.5) is 0 Å². The lowest BCUT2D eigenvalue weighted by atomic mass is 10.0. The third-order valence-electron chi connectivity index (χ3n) is 4.93. The first-order chi connectivity index (χ1) is 15.6. The smallest absolute Gasteiger partial charge is 0.184 e. The highest BCUT2D eigenvalue weighted by molar-refractivity contribution is 7.99. The first-order valence-electron chi connectivity index (χ1n) is 12.3. The molecule has 0 fully saturated rings. The molecule has 0 saturated heterocycles. The van der Waals surface area contributed by atoms with Crippen molar-refractivity contribution in [2.24, 2.45) is 0 Å². The zero-order valence-corrected chi connectivity index (χ0v) is 25.1. The lowest BCUT2D eigenvalue weighted by molar-refractivity contribution is 0.0908. The van der Waals surface area contributed by atoms with E-state index >= 15 is 0 Å². The van der Waals surface area contributed by atoms with Crippen LogP contribution in [0.3, 0.4) is 0 Å². The van der Waals surface area contributed by atoms with Crippen molar-refractivity contribution in [3.63, 3.8) is 0 Å². The molecule has 0 unspecified atom stereocenters. The van der Waals surface area contributed by atoms with E-state index in [-0.39, 0.29) is 0 Å². The van der Waals surface area contributed by atoms with E-state index in [1.54, 1.807) is 0 Å². The Morgan fingerprint density at radius 2 is 0.970 bits per heavy atom. The maximum absolute atomic E-state index is 6.67. The second-order valence-electron chi connectivity index (χ2n) is 10.5. The Hall–Kier alpha value is -0.506. The van der Waals surface area contributed by atoms with Crippen LogP contribution in [0.5, 0.6) is 0 Å². The number of hydrogen-bond donors (Lipinski definition) is 0. The summed E-state index contributed by atoms with van der Waals surface area (Å²) in [6.07, 6.45) is 6.23. The predicted octanol–water partition coefficient (Wildman–Crippen LogP) is 8.96. The summed E-state index contributed by atoms with van der Waals surface area (Å²) in [5.74, 6) is 2.28. The Labute approximate surface area is 213 Å². The van der Waals surface area contributed by atoms with Gasteiger partial charge in [0.25, 0.3) is 0 Å². The van der Waals surface area contributed by atoms with E-state index in [4.69, 9.17) is 8.85 Å². The molecule has 6 heteroatoms. The molecule has 0 aliphatic rings. The Balaban J connectivity index is 1.88. The number of thioether (sulfide) groups is 2. The van der Waals surface area contributed by atoms with Gasteiger partial charge in [0.2, 0.25) is 0 Å². The molecule has 2 atom stereocenters. The monoisotopic (exact) mass is 520 g/mol. The van der Waals surface area contributed by atoms with Crippen molar-refractivity contribution in [2.45, 2.75) is 93.4 Å². The first-order valence-corrected chi connectivity index (χ1v) is 21.1. The molecule has 0 aliphatic heterocycles. The summed E-state index contributed by atoms with van der Waals surface area (Å²) in [4.78, 5) is 2.71. The minimum Gasteiger partial charge on any atom is -0.415 e. The van der Waals surface area contributed by atoms with Crippen LogP contribution in [0, 0.1) is 0 Å². The number of hydrogen-bond acceptors (Lipinski definition) is 4. The summed E-state index contributed by atoms with van der Waals surface area (Å²) in [6.45, 7) is 13.9. The van der Waals surface area contributed by atoms with Crippen LogP contribution in [-0.2, 0) is 8.85 Å². The van der Waals surface area contributed by atoms with Crippen LogP contribution in [0.1, 0.15) is 32.1 Å². The zero-order chi connectivity index (χ0) is 24.2. The fourth-order valence-electron chi connectivity index (χ4n) is 3.78. The first kappa shape index (κ1) is 28.7. The summed E-state index contributed by atoms with van der Waals surface area (Å²) < 4.78 is 13.3. The Bertz CT molecular complexity index is 696. The highest BCUT2D eigenvalue weighted by atomic mass is 32.2. The van der Waals surface area contributed by atoms with Crippen LogP contribution in [0.2, 0.25) is 39.3 Å². The summed E-state index contributed by atoms with van der Waals surface area (Å²) in [6, 6.07) is 21.4. The van der Waals surface area contributed by atoms with Crippen LogP contribution in [0.15, 0.2) is 70.5 Å². The van der Waals surface area contributed by atoms with Gasteiger partial charge in [-0.1, -0.05) is 36.4 Å². The van der Waals surface area contributed by atoms with Crippen LogP contribution in [0.25, 0.3) is 0 Å². The minimum absolute atomic E-state index is 0.302. The van der Waals surface area contributed by atoms with Crippen LogP contribution < -0.4 is 0 Å². The molecule has 2 rings (SSSR count). The minimum atomic E-state index is -1.61. The molecule has 0 bridgehead atoms. The maximum atomic E-state index is 6.67. The summed E-state index contributed by atoms with van der Waals surface area (Å²) in [5.41, 5.74) is 0. The molecule has 0 saturated carbocycles. The van der Waals surface area contributed by atoms with Crippen LogP contribution >= 0.6 is 23.5 Å². The molecule has 0 radical (unpaired) electrons. The second kappa shape index (κ2) is 14.8. The van der Waals surface area contributed by atoms with Crippen molar-refractivity contribution in [2.75, 3.05) is 11.5 Å². The van der Waals surface area contributed by atoms with E-state index in [2.05, 4.69) is 99.9 Å². The number of rotatable bonds is 16. The molecule has 0 amide bonds. The summed E-state index contributed by atoms with van der Waals surface area (Å²) >= 11 is 3.91. The third kappa shape index (κ3) is 14.5. The fourth-order valence-corrected chi connectivity index (χ4v) is 8.00. The van der Waals surface area contributed by atoms with E-state index in [1.807, 2.05) is 23.5 Å². The predicted molar refractivity (Wildman–Crippen MR) is 154 cm³/mol. The van der Waals surface area contributed by atoms with Gasteiger partial charge in [-0.15, -0.1) is 23.5 Å². The average Bonchev–Trinajstić information content (AvgIpc) is 2.73. The van der Waals surface area contributed by atoms with E-state index in [0.717, 1.165) is 30.8 Å². The molecular weight excluding hydrogens is 477 g/mol. The quantitative estimate of drug-likeness (QED) is 0.125. The van der Waals surface area contributed by atoms with E-state index in [9.17, 15) is 0 Å². The Kier molecular flexibility index (Phi) is 12.9. The Morgan fingerprint density at radius 3 is 1.30 bits per heavy atom. The van der Waals surface area contributed by atoms with Crippen molar-refractivity contribution >= 4 is 40.2 Å². The highest BCUT2D eigenvalue weighted by Gasteiger charge is 2.27. The molecule has 0 N–H and O–H groups in total. The molecular formula is C27H44O2S2Si2. The standard InChI is InChI=1S/C27H44O2S2Si2/c1-32(2,3)28-24(15-13-21-30-26-17-9-7-10-18-26)23-25(29-33(4,5)6)16-14-22-31-27-19-11-8-12-20-27/h7-12,17-20,24-25H,13-16,21-23H2,1-6H3/t24-,25+. The molecule has 33 heavy (non-hydrogen) atoms. The largest absolute Gasteiger partial charge is 0.415 e. The number of benzene rings is 2. The molecule has 2 nitrogen and oxygen atoms in total. The molecule has 184 valence electrons. The van der Waals surface area contributed by atoms with Crippen LogP contribution in [-0.4, -0.2) is 40.3 Å². The van der Waals surface area contributed by atoms with Crippen molar-refractivity contribution in [1.82, 2.24) is 0 Å². The van der Waals surface area contributed by atoms with Gasteiger partial charge in [0.05, 0.1) is 0 Å². The fraction of sp³-hybridized carbons (Fsp3) is 0.556. The summed E-state index contributed by atoms with van der Waals surface area (Å²) in [7, 11) is -3.21. The van der Waals surface area contributed by atoms with E-state index < -0.39 is 16.6 Å². The van der Waals surface area contributed by atoms with Crippen molar-refractivity contribution in [3.05, 3.63) is 60.7 Å². The maximum Gasteiger partial charge on any atom is 0.184 e. The van der Waals surface area contributed by atoms with Crippen molar-refractivity contribution < 1.29 is 8.85 Å². The second-order valence-corrected chi connectivity index (χ2v) is 21.8. The topological polar surface area (TPSA) is 18.5 Å². The van der Waals surface area contributed by atoms with Gasteiger partial charge in [-0.3, -0.25) is 0 Å². The van der Waals surface area contributed by atoms with Gasteiger partial charge in [0, 0.05) is 22.0 Å². The average molecular weight is 521 g/mol.